The lowest BCUT2D eigenvalue weighted by Crippen LogP contribution is -2.67. The molecule has 3 atom stereocenters. The summed E-state index contributed by atoms with van der Waals surface area (Å²) in [6.45, 7) is 12.0. The van der Waals surface area contributed by atoms with Crippen LogP contribution in [0.4, 0.5) is 0 Å². The number of rotatable bonds is 4. The zero-order chi connectivity index (χ0) is 14.0. The highest BCUT2D eigenvalue weighted by molar-refractivity contribution is 5.97. The Balaban J connectivity index is 3.12. The smallest absolute Gasteiger partial charge is 0.245 e. The van der Waals surface area contributed by atoms with Crippen LogP contribution in [0.15, 0.2) is 0 Å². The van der Waals surface area contributed by atoms with E-state index >= 15 is 0 Å². The van der Waals surface area contributed by atoms with Gasteiger partial charge in [0.15, 0.2) is 0 Å². The average Bonchev–Trinajstić information content (AvgIpc) is 2.24. The van der Waals surface area contributed by atoms with E-state index < -0.39 is 6.04 Å². The van der Waals surface area contributed by atoms with E-state index in [9.17, 15) is 9.59 Å². The van der Waals surface area contributed by atoms with Crippen LogP contribution >= 0.6 is 0 Å². The summed E-state index contributed by atoms with van der Waals surface area (Å²) in [6.07, 6.45) is 0.882. The van der Waals surface area contributed by atoms with Gasteiger partial charge in [0.05, 0.1) is 0 Å². The van der Waals surface area contributed by atoms with E-state index in [2.05, 4.69) is 26.1 Å². The van der Waals surface area contributed by atoms with E-state index in [4.69, 9.17) is 0 Å². The minimum absolute atomic E-state index is 0.0174. The molecule has 3 unspecified atom stereocenters. The molecule has 1 rings (SSSR count). The molecule has 0 aromatic rings. The van der Waals surface area contributed by atoms with Gasteiger partial charge in [-0.1, -0.05) is 34.6 Å². The Bertz CT molecular complexity index is 326. The number of carbonyl (C=O) groups is 2. The highest BCUT2D eigenvalue weighted by Gasteiger charge is 2.43. The molecular weight excluding hydrogens is 228 g/mol. The van der Waals surface area contributed by atoms with Crippen molar-refractivity contribution in [1.82, 2.24) is 10.2 Å². The summed E-state index contributed by atoms with van der Waals surface area (Å²) >= 11 is 0. The molecule has 1 aliphatic rings. The number of hydrogen-bond acceptors (Lipinski definition) is 2. The van der Waals surface area contributed by atoms with Gasteiger partial charge < -0.3 is 10.2 Å². The molecule has 0 saturated carbocycles. The Labute approximate surface area is 110 Å². The number of nitrogens with zero attached hydrogens (tertiary/aromatic N) is 1. The first-order valence-electron chi connectivity index (χ1n) is 6.93. The van der Waals surface area contributed by atoms with Crippen molar-refractivity contribution >= 4 is 11.8 Å². The zero-order valence-electron chi connectivity index (χ0n) is 12.4. The molecular formula is C14H26N2O2. The molecule has 1 N–H and O–H groups in total. The van der Waals surface area contributed by atoms with Crippen molar-refractivity contribution in [2.45, 2.75) is 66.1 Å². The molecule has 0 bridgehead atoms. The molecule has 1 aliphatic heterocycles. The van der Waals surface area contributed by atoms with Gasteiger partial charge in [-0.2, -0.15) is 0 Å². The summed E-state index contributed by atoms with van der Waals surface area (Å²) in [7, 11) is 0. The molecule has 104 valence electrons. The van der Waals surface area contributed by atoms with Crippen molar-refractivity contribution in [3.05, 3.63) is 0 Å². The fraction of sp³-hybridized carbons (Fsp3) is 0.857. The van der Waals surface area contributed by atoms with Crippen molar-refractivity contribution < 1.29 is 9.59 Å². The van der Waals surface area contributed by atoms with Crippen LogP contribution in [0.1, 0.15) is 48.0 Å². The molecule has 4 nitrogen and oxygen atoms in total. The molecule has 0 aromatic carbocycles. The first-order valence-corrected chi connectivity index (χ1v) is 6.93. The summed E-state index contributed by atoms with van der Waals surface area (Å²) in [5.74, 6) is 0.526. The van der Waals surface area contributed by atoms with Crippen LogP contribution in [0.2, 0.25) is 0 Å². The second-order valence-corrected chi connectivity index (χ2v) is 5.88. The zero-order valence-corrected chi connectivity index (χ0v) is 12.4. The molecule has 1 heterocycles. The monoisotopic (exact) mass is 254 g/mol. The van der Waals surface area contributed by atoms with Crippen LogP contribution in [0.5, 0.6) is 0 Å². The number of piperazine rings is 1. The van der Waals surface area contributed by atoms with Crippen LogP contribution in [0.3, 0.4) is 0 Å². The maximum atomic E-state index is 12.4. The average molecular weight is 254 g/mol. The maximum Gasteiger partial charge on any atom is 0.245 e. The minimum Gasteiger partial charge on any atom is -0.343 e. The molecule has 0 aliphatic carbocycles. The van der Waals surface area contributed by atoms with E-state index in [-0.39, 0.29) is 29.8 Å². The Morgan fingerprint density at radius 2 is 1.78 bits per heavy atom. The fourth-order valence-electron chi connectivity index (χ4n) is 2.83. The SMILES string of the molecule is CCC(C(C)C)N1C(=O)C(C)NC(=O)C1C(C)C. The lowest BCUT2D eigenvalue weighted by Gasteiger charge is -2.45. The van der Waals surface area contributed by atoms with Gasteiger partial charge in [-0.25, -0.2) is 0 Å². The third-order valence-corrected chi connectivity index (χ3v) is 3.73. The number of hydrogen-bond donors (Lipinski definition) is 1. The van der Waals surface area contributed by atoms with Gasteiger partial charge in [-0.15, -0.1) is 0 Å². The maximum absolute atomic E-state index is 12.4. The Hall–Kier alpha value is -1.06. The van der Waals surface area contributed by atoms with Crippen LogP contribution < -0.4 is 5.32 Å². The predicted octanol–water partition coefficient (Wildman–Crippen LogP) is 1.79. The first-order chi connectivity index (χ1) is 8.31. The van der Waals surface area contributed by atoms with E-state index in [0.29, 0.717) is 5.92 Å². The number of carbonyl (C=O) groups excluding carboxylic acids is 2. The van der Waals surface area contributed by atoms with E-state index in [1.54, 1.807) is 6.92 Å². The van der Waals surface area contributed by atoms with Crippen LogP contribution in [0.25, 0.3) is 0 Å². The lowest BCUT2D eigenvalue weighted by molar-refractivity contribution is -0.155. The standard InChI is InChI=1S/C14H26N2O2/c1-7-11(8(2)3)16-12(9(4)5)13(17)15-10(6)14(16)18/h8-12H,7H2,1-6H3,(H,15,17). The number of amides is 2. The van der Waals surface area contributed by atoms with Gasteiger partial charge in [0, 0.05) is 6.04 Å². The normalized spacial score (nSPS) is 26.8. The largest absolute Gasteiger partial charge is 0.343 e. The first kappa shape index (κ1) is 15.0. The molecule has 18 heavy (non-hydrogen) atoms. The Morgan fingerprint density at radius 1 is 1.22 bits per heavy atom. The molecule has 2 amide bonds. The predicted molar refractivity (Wildman–Crippen MR) is 72.0 cm³/mol. The molecule has 0 spiro atoms. The van der Waals surface area contributed by atoms with E-state index in [1.807, 2.05) is 18.7 Å². The highest BCUT2D eigenvalue weighted by atomic mass is 16.2. The van der Waals surface area contributed by atoms with Gasteiger partial charge in [0.2, 0.25) is 11.8 Å². The summed E-state index contributed by atoms with van der Waals surface area (Å²) < 4.78 is 0. The summed E-state index contributed by atoms with van der Waals surface area (Å²) in [6, 6.07) is -0.597. The topological polar surface area (TPSA) is 49.4 Å². The quantitative estimate of drug-likeness (QED) is 0.831. The highest BCUT2D eigenvalue weighted by Crippen LogP contribution is 2.25. The Morgan fingerprint density at radius 3 is 2.17 bits per heavy atom. The van der Waals surface area contributed by atoms with Gasteiger partial charge >= 0.3 is 0 Å². The van der Waals surface area contributed by atoms with Gasteiger partial charge in [-0.05, 0) is 25.2 Å². The van der Waals surface area contributed by atoms with Crippen LogP contribution in [-0.2, 0) is 9.59 Å². The summed E-state index contributed by atoms with van der Waals surface area (Å²) in [5.41, 5.74) is 0. The minimum atomic E-state index is -0.403. The van der Waals surface area contributed by atoms with Gasteiger partial charge in [0.1, 0.15) is 12.1 Å². The number of nitrogens with one attached hydrogen (secondary N) is 1. The molecule has 1 saturated heterocycles. The van der Waals surface area contributed by atoms with Gasteiger partial charge in [-0.3, -0.25) is 9.59 Å². The van der Waals surface area contributed by atoms with Crippen molar-refractivity contribution in [1.29, 1.82) is 0 Å². The molecule has 0 radical (unpaired) electrons. The molecule has 0 aromatic heterocycles. The van der Waals surface area contributed by atoms with Crippen molar-refractivity contribution in [2.75, 3.05) is 0 Å². The third kappa shape index (κ3) is 2.68. The van der Waals surface area contributed by atoms with E-state index in [0.717, 1.165) is 6.42 Å². The Kier molecular flexibility index (Phi) is 4.77. The van der Waals surface area contributed by atoms with E-state index in [1.165, 1.54) is 0 Å². The second kappa shape index (κ2) is 5.72. The second-order valence-electron chi connectivity index (χ2n) is 5.88. The molecule has 1 fully saturated rings. The van der Waals surface area contributed by atoms with Crippen LogP contribution in [-0.4, -0.2) is 34.8 Å². The lowest BCUT2D eigenvalue weighted by atomic mass is 9.90. The molecule has 4 heteroatoms. The summed E-state index contributed by atoms with van der Waals surface area (Å²) in [5, 5.41) is 2.78. The van der Waals surface area contributed by atoms with Crippen molar-refractivity contribution in [2.24, 2.45) is 11.8 Å². The van der Waals surface area contributed by atoms with Crippen molar-refractivity contribution in [3.63, 3.8) is 0 Å². The van der Waals surface area contributed by atoms with Crippen LogP contribution in [0, 0.1) is 11.8 Å². The summed E-state index contributed by atoms with van der Waals surface area (Å²) in [4.78, 5) is 26.4. The van der Waals surface area contributed by atoms with Gasteiger partial charge in [0.25, 0.3) is 0 Å². The third-order valence-electron chi connectivity index (χ3n) is 3.73. The van der Waals surface area contributed by atoms with Crippen molar-refractivity contribution in [3.8, 4) is 0 Å². The fourth-order valence-corrected chi connectivity index (χ4v) is 2.83.